The number of thioether (sulfide) groups is 1. The van der Waals surface area contributed by atoms with Crippen LogP contribution in [0.4, 0.5) is 0 Å². The first kappa shape index (κ1) is 16.8. The summed E-state index contributed by atoms with van der Waals surface area (Å²) in [7, 11) is 0. The average molecular weight is 347 g/mol. The number of amides is 1. The van der Waals surface area contributed by atoms with Crippen molar-refractivity contribution in [2.24, 2.45) is 0 Å². The molecule has 2 aromatic heterocycles. The third-order valence-electron chi connectivity index (χ3n) is 4.10. The zero-order valence-electron chi connectivity index (χ0n) is 13.5. The van der Waals surface area contributed by atoms with Crippen LogP contribution in [0.3, 0.4) is 0 Å². The summed E-state index contributed by atoms with van der Waals surface area (Å²) in [6.45, 7) is 0.607. The fourth-order valence-electron chi connectivity index (χ4n) is 2.92. The van der Waals surface area contributed by atoms with Crippen LogP contribution in [-0.2, 0) is 29.8 Å². The van der Waals surface area contributed by atoms with Crippen LogP contribution in [-0.4, -0.2) is 28.4 Å². The van der Waals surface area contributed by atoms with Crippen molar-refractivity contribution in [1.29, 1.82) is 0 Å². The van der Waals surface area contributed by atoms with Gasteiger partial charge in [-0.3, -0.25) is 9.59 Å². The van der Waals surface area contributed by atoms with E-state index in [2.05, 4.69) is 15.5 Å². The summed E-state index contributed by atoms with van der Waals surface area (Å²) in [5.74, 6) is 2.51. The standard InChI is InChI=1S/C17H21N3O3S/c21-16(18-7-9-24-11-12-4-3-8-23-12)10-15-13-5-1-2-6-14(13)17(22)20-19-15/h3-4,8H,1-2,5-7,9-11H2,(H,18,21)(H,20,22). The molecule has 1 aliphatic rings. The van der Waals surface area contributed by atoms with Crippen LogP contribution >= 0.6 is 11.8 Å². The van der Waals surface area contributed by atoms with E-state index < -0.39 is 0 Å². The molecule has 0 aliphatic heterocycles. The van der Waals surface area contributed by atoms with Crippen LogP contribution in [0, 0.1) is 0 Å². The molecule has 0 fully saturated rings. The van der Waals surface area contributed by atoms with Crippen molar-refractivity contribution in [1.82, 2.24) is 15.5 Å². The first-order valence-electron chi connectivity index (χ1n) is 8.20. The van der Waals surface area contributed by atoms with Gasteiger partial charge in [-0.2, -0.15) is 16.9 Å². The van der Waals surface area contributed by atoms with Crippen molar-refractivity contribution in [3.63, 3.8) is 0 Å². The fraction of sp³-hybridized carbons (Fsp3) is 0.471. The first-order chi connectivity index (χ1) is 11.7. The molecule has 1 aliphatic carbocycles. The number of aromatic amines is 1. The Labute approximate surface area is 144 Å². The maximum atomic E-state index is 12.1. The van der Waals surface area contributed by atoms with E-state index in [4.69, 9.17) is 4.42 Å². The number of furan rings is 1. The first-order valence-corrected chi connectivity index (χ1v) is 9.35. The van der Waals surface area contributed by atoms with E-state index in [9.17, 15) is 9.59 Å². The summed E-state index contributed by atoms with van der Waals surface area (Å²) in [5.41, 5.74) is 2.40. The third-order valence-corrected chi connectivity index (χ3v) is 5.09. The number of carbonyl (C=O) groups excluding carboxylic acids is 1. The van der Waals surface area contributed by atoms with Crippen LogP contribution in [0.15, 0.2) is 27.6 Å². The largest absolute Gasteiger partial charge is 0.468 e. The van der Waals surface area contributed by atoms with Crippen molar-refractivity contribution in [3.05, 3.63) is 51.3 Å². The van der Waals surface area contributed by atoms with Crippen LogP contribution < -0.4 is 10.9 Å². The lowest BCUT2D eigenvalue weighted by atomic mass is 9.91. The van der Waals surface area contributed by atoms with E-state index >= 15 is 0 Å². The number of hydrogen-bond donors (Lipinski definition) is 2. The second-order valence-corrected chi connectivity index (χ2v) is 6.93. The highest BCUT2D eigenvalue weighted by Gasteiger charge is 2.19. The molecule has 0 saturated heterocycles. The van der Waals surface area contributed by atoms with Gasteiger partial charge in [-0.15, -0.1) is 0 Å². The molecule has 0 aromatic carbocycles. The minimum absolute atomic E-state index is 0.0547. The SMILES string of the molecule is O=C(Cc1n[nH]c(=O)c2c1CCCC2)NCCSCc1ccco1. The summed E-state index contributed by atoms with van der Waals surface area (Å²) in [6, 6.07) is 3.81. The van der Waals surface area contributed by atoms with Gasteiger partial charge in [0.2, 0.25) is 5.91 Å². The Morgan fingerprint density at radius 2 is 2.17 bits per heavy atom. The highest BCUT2D eigenvalue weighted by Crippen LogP contribution is 2.20. The highest BCUT2D eigenvalue weighted by atomic mass is 32.2. The molecule has 3 rings (SSSR count). The molecule has 2 aromatic rings. The van der Waals surface area contributed by atoms with Gasteiger partial charge in [0.05, 0.1) is 24.1 Å². The maximum Gasteiger partial charge on any atom is 0.267 e. The Balaban J connectivity index is 1.46. The molecule has 7 heteroatoms. The Morgan fingerprint density at radius 1 is 1.33 bits per heavy atom. The molecule has 2 heterocycles. The van der Waals surface area contributed by atoms with E-state index in [1.807, 2.05) is 12.1 Å². The molecule has 0 unspecified atom stereocenters. The van der Waals surface area contributed by atoms with Gasteiger partial charge in [0.25, 0.3) is 5.56 Å². The average Bonchev–Trinajstić information content (AvgIpc) is 3.11. The van der Waals surface area contributed by atoms with Crippen LogP contribution in [0.5, 0.6) is 0 Å². The van der Waals surface area contributed by atoms with Crippen LogP contribution in [0.2, 0.25) is 0 Å². The molecular formula is C17H21N3O3S. The zero-order valence-corrected chi connectivity index (χ0v) is 14.3. The fourth-order valence-corrected chi connectivity index (χ4v) is 3.67. The number of nitrogens with one attached hydrogen (secondary N) is 2. The summed E-state index contributed by atoms with van der Waals surface area (Å²) < 4.78 is 5.26. The lowest BCUT2D eigenvalue weighted by Gasteiger charge is -2.17. The maximum absolute atomic E-state index is 12.1. The summed E-state index contributed by atoms with van der Waals surface area (Å²) in [5, 5.41) is 9.53. The Kier molecular flexibility index (Phi) is 5.74. The molecule has 0 saturated carbocycles. The van der Waals surface area contributed by atoms with Crippen LogP contribution in [0.25, 0.3) is 0 Å². The normalized spacial score (nSPS) is 13.5. The number of H-pyrrole nitrogens is 1. The number of carbonyl (C=O) groups is 1. The molecule has 0 radical (unpaired) electrons. The van der Waals surface area contributed by atoms with E-state index in [-0.39, 0.29) is 17.9 Å². The van der Waals surface area contributed by atoms with Gasteiger partial charge in [0.1, 0.15) is 5.76 Å². The summed E-state index contributed by atoms with van der Waals surface area (Å²) >= 11 is 1.71. The number of fused-ring (bicyclic) bond motifs is 1. The lowest BCUT2D eigenvalue weighted by Crippen LogP contribution is -2.30. The zero-order chi connectivity index (χ0) is 16.8. The van der Waals surface area contributed by atoms with Crippen molar-refractivity contribution in [2.45, 2.75) is 37.9 Å². The van der Waals surface area contributed by atoms with Gasteiger partial charge in [-0.25, -0.2) is 5.10 Å². The number of hydrogen-bond acceptors (Lipinski definition) is 5. The van der Waals surface area contributed by atoms with Gasteiger partial charge in [0.15, 0.2) is 0 Å². The molecule has 128 valence electrons. The summed E-state index contributed by atoms with van der Waals surface area (Å²) in [6.07, 6.45) is 5.59. The van der Waals surface area contributed by atoms with E-state index in [0.717, 1.165) is 54.1 Å². The Bertz CT molecular complexity index is 740. The smallest absolute Gasteiger partial charge is 0.267 e. The predicted octanol–water partition coefficient (Wildman–Crippen LogP) is 1.83. The monoisotopic (exact) mass is 347 g/mol. The van der Waals surface area contributed by atoms with Gasteiger partial charge in [-0.1, -0.05) is 0 Å². The molecule has 6 nitrogen and oxygen atoms in total. The van der Waals surface area contributed by atoms with Gasteiger partial charge >= 0.3 is 0 Å². The minimum Gasteiger partial charge on any atom is -0.468 e. The molecule has 0 spiro atoms. The molecule has 1 amide bonds. The van der Waals surface area contributed by atoms with Crippen LogP contribution in [0.1, 0.15) is 35.4 Å². The van der Waals surface area contributed by atoms with Crippen molar-refractivity contribution in [2.75, 3.05) is 12.3 Å². The van der Waals surface area contributed by atoms with E-state index in [1.54, 1.807) is 18.0 Å². The lowest BCUT2D eigenvalue weighted by molar-refractivity contribution is -0.120. The second kappa shape index (κ2) is 8.19. The number of aromatic nitrogens is 2. The quantitative estimate of drug-likeness (QED) is 0.746. The molecule has 2 N–H and O–H groups in total. The number of rotatable bonds is 7. The second-order valence-electron chi connectivity index (χ2n) is 5.82. The third kappa shape index (κ3) is 4.29. The van der Waals surface area contributed by atoms with Crippen molar-refractivity contribution >= 4 is 17.7 Å². The minimum atomic E-state index is -0.108. The molecule has 0 atom stereocenters. The van der Waals surface area contributed by atoms with Gasteiger partial charge in [-0.05, 0) is 43.4 Å². The Hall–Kier alpha value is -2.02. The van der Waals surface area contributed by atoms with Gasteiger partial charge in [0, 0.05) is 17.9 Å². The molecule has 24 heavy (non-hydrogen) atoms. The van der Waals surface area contributed by atoms with Crippen molar-refractivity contribution in [3.8, 4) is 0 Å². The topological polar surface area (TPSA) is 88.0 Å². The van der Waals surface area contributed by atoms with E-state index in [1.165, 1.54) is 0 Å². The van der Waals surface area contributed by atoms with Crippen molar-refractivity contribution < 1.29 is 9.21 Å². The Morgan fingerprint density at radius 3 is 2.96 bits per heavy atom. The molecule has 0 bridgehead atoms. The summed E-state index contributed by atoms with van der Waals surface area (Å²) in [4.78, 5) is 23.9. The number of nitrogens with zero attached hydrogens (tertiary/aromatic N) is 1. The van der Waals surface area contributed by atoms with Gasteiger partial charge < -0.3 is 9.73 Å². The van der Waals surface area contributed by atoms with E-state index in [0.29, 0.717) is 12.2 Å². The highest BCUT2D eigenvalue weighted by molar-refractivity contribution is 7.98. The predicted molar refractivity (Wildman–Crippen MR) is 93.1 cm³/mol. The molecular weight excluding hydrogens is 326 g/mol.